The number of rotatable bonds is 5. The minimum absolute atomic E-state index is 0.155. The topological polar surface area (TPSA) is 131 Å². The van der Waals surface area contributed by atoms with Crippen LogP contribution in [0.4, 0.5) is 11.4 Å². The Kier molecular flexibility index (Phi) is 8.29. The van der Waals surface area contributed by atoms with Gasteiger partial charge in [-0.3, -0.25) is 10.8 Å². The SMILES string of the molecule is CN.Cn1c(-c2ccc(N3CCN(C=N)CC3)cc2)cnc1-c1ccc(N2CCN(C(=N)N)CC2)cc1. The predicted octanol–water partition coefficient (Wildman–Crippen LogP) is 2.07. The number of nitrogens with one attached hydrogen (secondary N) is 2. The Balaban J connectivity index is 0.00000156. The van der Waals surface area contributed by atoms with Crippen molar-refractivity contribution in [3.8, 4) is 22.6 Å². The van der Waals surface area contributed by atoms with E-state index in [0.29, 0.717) is 0 Å². The van der Waals surface area contributed by atoms with E-state index < -0.39 is 0 Å². The summed E-state index contributed by atoms with van der Waals surface area (Å²) in [5.74, 6) is 1.10. The number of hydrogen-bond acceptors (Lipinski definition) is 6. The van der Waals surface area contributed by atoms with Crippen molar-refractivity contribution < 1.29 is 0 Å². The lowest BCUT2D eigenvalue weighted by molar-refractivity contribution is 0.380. The molecule has 0 radical (unpaired) electrons. The third kappa shape index (κ3) is 5.69. The first-order chi connectivity index (χ1) is 18.0. The van der Waals surface area contributed by atoms with Crippen molar-refractivity contribution in [1.29, 1.82) is 10.8 Å². The van der Waals surface area contributed by atoms with E-state index in [4.69, 9.17) is 21.5 Å². The van der Waals surface area contributed by atoms with Crippen LogP contribution in [0.3, 0.4) is 0 Å². The number of imidazole rings is 1. The molecule has 2 aromatic carbocycles. The molecule has 0 amide bonds. The lowest BCUT2D eigenvalue weighted by Crippen LogP contribution is -2.50. The summed E-state index contributed by atoms with van der Waals surface area (Å²) in [5.41, 5.74) is 15.8. The molecule has 10 nitrogen and oxygen atoms in total. The van der Waals surface area contributed by atoms with E-state index in [1.54, 1.807) is 0 Å². The molecule has 10 heteroatoms. The molecule has 37 heavy (non-hydrogen) atoms. The molecule has 2 aliphatic rings. The zero-order valence-corrected chi connectivity index (χ0v) is 21.8. The molecule has 3 aromatic rings. The normalized spacial score (nSPS) is 15.8. The fraction of sp³-hybridized carbons (Fsp3) is 0.370. The lowest BCUT2D eigenvalue weighted by Gasteiger charge is -2.36. The highest BCUT2D eigenvalue weighted by Gasteiger charge is 2.19. The van der Waals surface area contributed by atoms with Gasteiger partial charge in [-0.2, -0.15) is 0 Å². The summed E-state index contributed by atoms with van der Waals surface area (Å²) in [6.07, 6.45) is 3.38. The van der Waals surface area contributed by atoms with Crippen molar-refractivity contribution in [2.75, 3.05) is 69.2 Å². The van der Waals surface area contributed by atoms with Gasteiger partial charge in [-0.15, -0.1) is 0 Å². The molecular formula is C27H38N10. The second-order valence-electron chi connectivity index (χ2n) is 9.13. The third-order valence-corrected chi connectivity index (χ3v) is 7.12. The maximum atomic E-state index is 7.60. The van der Waals surface area contributed by atoms with Gasteiger partial charge in [-0.05, 0) is 49.0 Å². The second-order valence-corrected chi connectivity index (χ2v) is 9.13. The lowest BCUT2D eigenvalue weighted by atomic mass is 10.1. The Bertz CT molecular complexity index is 1170. The molecule has 0 bridgehead atoms. The Morgan fingerprint density at radius 1 is 0.784 bits per heavy atom. The Labute approximate surface area is 219 Å². The zero-order chi connectivity index (χ0) is 26.4. The highest BCUT2D eigenvalue weighted by atomic mass is 15.3. The van der Waals surface area contributed by atoms with Crippen LogP contribution in [0.2, 0.25) is 0 Å². The van der Waals surface area contributed by atoms with Gasteiger partial charge in [-0.1, -0.05) is 12.1 Å². The van der Waals surface area contributed by atoms with Crippen molar-refractivity contribution >= 4 is 23.7 Å². The van der Waals surface area contributed by atoms with E-state index in [1.165, 1.54) is 24.8 Å². The minimum atomic E-state index is 0.155. The number of hydrogen-bond donors (Lipinski definition) is 4. The van der Waals surface area contributed by atoms with Gasteiger partial charge in [0, 0.05) is 76.3 Å². The number of aromatic nitrogens is 2. The molecule has 1 aromatic heterocycles. The van der Waals surface area contributed by atoms with Gasteiger partial charge < -0.3 is 35.6 Å². The zero-order valence-electron chi connectivity index (χ0n) is 21.8. The van der Waals surface area contributed by atoms with Crippen molar-refractivity contribution in [3.63, 3.8) is 0 Å². The highest BCUT2D eigenvalue weighted by molar-refractivity contribution is 5.75. The predicted molar refractivity (Wildman–Crippen MR) is 152 cm³/mol. The van der Waals surface area contributed by atoms with Crippen LogP contribution in [0.15, 0.2) is 54.7 Å². The van der Waals surface area contributed by atoms with Crippen LogP contribution in [-0.2, 0) is 7.05 Å². The highest BCUT2D eigenvalue weighted by Crippen LogP contribution is 2.29. The summed E-state index contributed by atoms with van der Waals surface area (Å²) in [7, 11) is 3.57. The quantitative estimate of drug-likeness (QED) is 0.310. The van der Waals surface area contributed by atoms with Crippen molar-refractivity contribution in [2.45, 2.75) is 0 Å². The summed E-state index contributed by atoms with van der Waals surface area (Å²) >= 11 is 0. The maximum absolute atomic E-state index is 7.60. The largest absolute Gasteiger partial charge is 0.370 e. The van der Waals surface area contributed by atoms with Crippen molar-refractivity contribution in [3.05, 3.63) is 54.7 Å². The standard InChI is InChI=1S/C26H33N9.CH5N/c1-31-24(20-2-6-22(7-3-20)33-12-10-32(19-27)11-13-33)18-30-25(31)21-4-8-23(9-5-21)34-14-16-35(17-15-34)26(28)29;1-2/h2-9,18-19,27H,10-17H2,1H3,(H3,28,29);2H2,1H3. The van der Waals surface area contributed by atoms with Gasteiger partial charge in [0.15, 0.2) is 5.96 Å². The number of guanidine groups is 1. The van der Waals surface area contributed by atoms with Crippen LogP contribution in [0.5, 0.6) is 0 Å². The average molecular weight is 503 g/mol. The van der Waals surface area contributed by atoms with E-state index in [2.05, 4.69) is 75.7 Å². The smallest absolute Gasteiger partial charge is 0.188 e. The second kappa shape index (κ2) is 11.8. The first-order valence-corrected chi connectivity index (χ1v) is 12.7. The first kappa shape index (κ1) is 26.0. The van der Waals surface area contributed by atoms with Crippen molar-refractivity contribution in [1.82, 2.24) is 19.4 Å². The van der Waals surface area contributed by atoms with Gasteiger partial charge in [-0.25, -0.2) is 4.98 Å². The van der Waals surface area contributed by atoms with Crippen LogP contribution < -0.4 is 21.3 Å². The van der Waals surface area contributed by atoms with E-state index in [0.717, 1.165) is 75.0 Å². The van der Waals surface area contributed by atoms with Crippen LogP contribution in [0.25, 0.3) is 22.6 Å². The molecule has 196 valence electrons. The summed E-state index contributed by atoms with van der Waals surface area (Å²) in [5, 5.41) is 15.0. The fourth-order valence-electron chi connectivity index (χ4n) is 4.93. The summed E-state index contributed by atoms with van der Waals surface area (Å²) in [6.45, 7) is 6.93. The molecule has 6 N–H and O–H groups in total. The molecule has 3 heterocycles. The third-order valence-electron chi connectivity index (χ3n) is 7.12. The molecule has 0 unspecified atom stereocenters. The van der Waals surface area contributed by atoms with Gasteiger partial charge in [0.25, 0.3) is 0 Å². The van der Waals surface area contributed by atoms with Crippen LogP contribution in [0, 0.1) is 10.8 Å². The number of piperazine rings is 2. The molecule has 0 spiro atoms. The van der Waals surface area contributed by atoms with E-state index in [-0.39, 0.29) is 5.96 Å². The van der Waals surface area contributed by atoms with E-state index >= 15 is 0 Å². The maximum Gasteiger partial charge on any atom is 0.188 e. The Hall–Kier alpha value is -4.05. The van der Waals surface area contributed by atoms with Crippen LogP contribution >= 0.6 is 0 Å². The number of nitrogens with zero attached hydrogens (tertiary/aromatic N) is 6. The molecule has 5 rings (SSSR count). The van der Waals surface area contributed by atoms with Crippen LogP contribution in [-0.4, -0.2) is 91.1 Å². The number of anilines is 2. The van der Waals surface area contributed by atoms with E-state index in [1.807, 2.05) is 16.0 Å². The Morgan fingerprint density at radius 2 is 1.27 bits per heavy atom. The van der Waals surface area contributed by atoms with Gasteiger partial charge in [0.1, 0.15) is 5.82 Å². The minimum Gasteiger partial charge on any atom is -0.370 e. The number of benzene rings is 2. The van der Waals surface area contributed by atoms with Crippen molar-refractivity contribution in [2.24, 2.45) is 18.5 Å². The molecule has 2 saturated heterocycles. The molecule has 0 aliphatic carbocycles. The molecule has 2 aliphatic heterocycles. The molecule has 0 saturated carbocycles. The monoisotopic (exact) mass is 502 g/mol. The summed E-state index contributed by atoms with van der Waals surface area (Å²) in [4.78, 5) is 13.4. The Morgan fingerprint density at radius 3 is 1.76 bits per heavy atom. The van der Waals surface area contributed by atoms with Crippen LogP contribution in [0.1, 0.15) is 0 Å². The van der Waals surface area contributed by atoms with E-state index in [9.17, 15) is 0 Å². The van der Waals surface area contributed by atoms with Gasteiger partial charge in [0.2, 0.25) is 0 Å². The summed E-state index contributed by atoms with van der Waals surface area (Å²) in [6, 6.07) is 17.3. The summed E-state index contributed by atoms with van der Waals surface area (Å²) < 4.78 is 2.15. The fourth-order valence-corrected chi connectivity index (χ4v) is 4.93. The van der Waals surface area contributed by atoms with Gasteiger partial charge >= 0.3 is 0 Å². The average Bonchev–Trinajstić information content (AvgIpc) is 3.35. The molecular weight excluding hydrogens is 464 g/mol. The first-order valence-electron chi connectivity index (χ1n) is 12.7. The molecule has 0 atom stereocenters. The molecule has 2 fully saturated rings. The van der Waals surface area contributed by atoms with Gasteiger partial charge in [0.05, 0.1) is 18.2 Å². The number of nitrogens with two attached hydrogens (primary N) is 2.